The molecule has 0 bridgehead atoms. The van der Waals surface area contributed by atoms with Crippen molar-refractivity contribution < 1.29 is 4.74 Å². The summed E-state index contributed by atoms with van der Waals surface area (Å²) in [5, 5.41) is 2.59. The van der Waals surface area contributed by atoms with Gasteiger partial charge in [0.25, 0.3) is 0 Å². The lowest BCUT2D eigenvalue weighted by Gasteiger charge is -2.39. The second kappa shape index (κ2) is 10.4. The Morgan fingerprint density at radius 1 is 0.291 bits per heavy atom. The average molecular weight is 697 g/mol. The van der Waals surface area contributed by atoms with Crippen molar-refractivity contribution in [1.82, 2.24) is 0 Å². The van der Waals surface area contributed by atoms with Gasteiger partial charge in [0.2, 0.25) is 0 Å². The topological polar surface area (TPSA) is 9.23 Å². The molecule has 3 aliphatic carbocycles. The molecule has 0 saturated carbocycles. The molecule has 254 valence electrons. The molecular formula is C54H32O. The highest BCUT2D eigenvalue weighted by Crippen LogP contribution is 2.65. The molecule has 55 heavy (non-hydrogen) atoms. The van der Waals surface area contributed by atoms with Gasteiger partial charge in [0, 0.05) is 11.1 Å². The maximum atomic E-state index is 6.77. The summed E-state index contributed by atoms with van der Waals surface area (Å²) in [6.45, 7) is 0. The van der Waals surface area contributed by atoms with Gasteiger partial charge in [0.1, 0.15) is 11.5 Å². The molecule has 1 atom stereocenters. The van der Waals surface area contributed by atoms with Gasteiger partial charge in [-0.2, -0.15) is 0 Å². The Labute approximate surface area is 319 Å². The second-order valence-corrected chi connectivity index (χ2v) is 15.5. The monoisotopic (exact) mass is 696 g/mol. The highest BCUT2D eigenvalue weighted by atomic mass is 16.5. The van der Waals surface area contributed by atoms with Crippen molar-refractivity contribution in [2.75, 3.05) is 0 Å². The first-order chi connectivity index (χ1) is 27.3. The zero-order chi connectivity index (χ0) is 35.9. The fourth-order valence-corrected chi connectivity index (χ4v) is 11.1. The number of para-hydroxylation sites is 1. The van der Waals surface area contributed by atoms with E-state index in [9.17, 15) is 0 Å². The van der Waals surface area contributed by atoms with Crippen LogP contribution >= 0.6 is 0 Å². The summed E-state index contributed by atoms with van der Waals surface area (Å²) in [5.41, 5.74) is 19.8. The van der Waals surface area contributed by atoms with Gasteiger partial charge in [0.15, 0.2) is 0 Å². The summed E-state index contributed by atoms with van der Waals surface area (Å²) in [6, 6.07) is 72.4. The predicted octanol–water partition coefficient (Wildman–Crippen LogP) is 13.3. The first kappa shape index (κ1) is 29.5. The van der Waals surface area contributed by atoms with Crippen LogP contribution < -0.4 is 4.74 Å². The van der Waals surface area contributed by atoms with Crippen molar-refractivity contribution in [2.45, 2.75) is 10.8 Å². The van der Waals surface area contributed by atoms with Gasteiger partial charge in [-0.25, -0.2) is 0 Å². The van der Waals surface area contributed by atoms with Crippen molar-refractivity contribution >= 4 is 10.8 Å². The van der Waals surface area contributed by atoms with Crippen LogP contribution in [-0.4, -0.2) is 0 Å². The van der Waals surface area contributed by atoms with Crippen molar-refractivity contribution in [3.63, 3.8) is 0 Å². The summed E-state index contributed by atoms with van der Waals surface area (Å²) in [4.78, 5) is 0. The van der Waals surface area contributed by atoms with E-state index >= 15 is 0 Å². The van der Waals surface area contributed by atoms with E-state index < -0.39 is 10.8 Å². The van der Waals surface area contributed by atoms with Crippen LogP contribution in [-0.2, 0) is 10.8 Å². The van der Waals surface area contributed by atoms with Crippen LogP contribution in [0.25, 0.3) is 55.3 Å². The second-order valence-electron chi connectivity index (χ2n) is 15.5. The zero-order valence-electron chi connectivity index (χ0n) is 29.9. The third-order valence-corrected chi connectivity index (χ3v) is 13.2. The largest absolute Gasteiger partial charge is 0.457 e. The molecule has 0 amide bonds. The summed E-state index contributed by atoms with van der Waals surface area (Å²) in [6.07, 6.45) is 0. The highest BCUT2D eigenvalue weighted by Gasteiger charge is 2.53. The summed E-state index contributed by atoms with van der Waals surface area (Å²) >= 11 is 0. The van der Waals surface area contributed by atoms with E-state index in [2.05, 4.69) is 194 Å². The Bertz CT molecular complexity index is 3100. The van der Waals surface area contributed by atoms with Crippen molar-refractivity contribution in [1.29, 1.82) is 0 Å². The number of hydrogen-bond acceptors (Lipinski definition) is 1. The first-order valence-corrected chi connectivity index (χ1v) is 19.3. The van der Waals surface area contributed by atoms with Crippen molar-refractivity contribution in [3.05, 3.63) is 239 Å². The van der Waals surface area contributed by atoms with Crippen LogP contribution in [0, 0.1) is 0 Å². The molecule has 1 heteroatoms. The Balaban J connectivity index is 1.06. The number of hydrogen-bond donors (Lipinski definition) is 0. The van der Waals surface area contributed by atoms with E-state index in [1.165, 1.54) is 99.8 Å². The molecule has 1 aliphatic heterocycles. The molecule has 9 aromatic rings. The fraction of sp³-hybridized carbons (Fsp3) is 0.0370. The Morgan fingerprint density at radius 2 is 0.764 bits per heavy atom. The maximum absolute atomic E-state index is 6.77. The normalized spacial score (nSPS) is 16.7. The van der Waals surface area contributed by atoms with Gasteiger partial charge in [0.05, 0.1) is 10.8 Å². The lowest BCUT2D eigenvalue weighted by atomic mass is 9.65. The third-order valence-electron chi connectivity index (χ3n) is 13.2. The quantitative estimate of drug-likeness (QED) is 0.166. The number of rotatable bonds is 1. The minimum atomic E-state index is -0.499. The summed E-state index contributed by atoms with van der Waals surface area (Å²) in [5.74, 6) is 1.82. The van der Waals surface area contributed by atoms with Crippen LogP contribution in [0.15, 0.2) is 194 Å². The molecule has 0 radical (unpaired) electrons. The van der Waals surface area contributed by atoms with E-state index in [0.29, 0.717) is 0 Å². The molecule has 1 unspecified atom stereocenters. The molecule has 0 aromatic heterocycles. The number of benzene rings is 9. The molecule has 13 rings (SSSR count). The van der Waals surface area contributed by atoms with E-state index in [-0.39, 0.29) is 0 Å². The van der Waals surface area contributed by atoms with Crippen molar-refractivity contribution in [2.24, 2.45) is 0 Å². The molecular weight excluding hydrogens is 665 g/mol. The van der Waals surface area contributed by atoms with Crippen LogP contribution in [0.3, 0.4) is 0 Å². The van der Waals surface area contributed by atoms with Gasteiger partial charge in [-0.05, 0) is 113 Å². The fourth-order valence-electron chi connectivity index (χ4n) is 11.1. The van der Waals surface area contributed by atoms with Gasteiger partial charge < -0.3 is 4.74 Å². The van der Waals surface area contributed by atoms with Crippen molar-refractivity contribution in [3.8, 4) is 56.0 Å². The van der Waals surface area contributed by atoms with E-state index in [0.717, 1.165) is 11.5 Å². The molecule has 0 fully saturated rings. The van der Waals surface area contributed by atoms with Crippen LogP contribution in [0.5, 0.6) is 11.5 Å². The van der Waals surface area contributed by atoms with E-state index in [1.54, 1.807) is 0 Å². The third kappa shape index (κ3) is 3.46. The van der Waals surface area contributed by atoms with Gasteiger partial charge in [-0.15, -0.1) is 0 Å². The summed E-state index contributed by atoms with van der Waals surface area (Å²) < 4.78 is 6.77. The predicted molar refractivity (Wildman–Crippen MR) is 223 cm³/mol. The van der Waals surface area contributed by atoms with Gasteiger partial charge in [-0.3, -0.25) is 0 Å². The molecule has 1 nitrogen and oxygen atoms in total. The SMILES string of the molecule is c1ccc2c(c1)Oc1ccc(-c3ccc4c(c3)-c3ccccc3C43c4ccccc4-c4c3ccc3ccccc43)cc1C21c2ccccc2-c2ccccc21. The Kier molecular flexibility index (Phi) is 5.56. The van der Waals surface area contributed by atoms with Gasteiger partial charge >= 0.3 is 0 Å². The standard InChI is InChI=1S/C54H32O/c1-2-14-36-33(13-1)25-29-48-52(36)40-18-6-10-22-45(40)53(48)44-21-9-5-17-39(44)41-31-34(26-28-46(41)53)35-27-30-51-49(32-35)54(47-23-11-12-24-50(47)55-51)42-19-7-3-15-37(42)38-16-4-8-20-43(38)54/h1-32H. The molecule has 9 aromatic carbocycles. The Hall–Kier alpha value is -6.96. The zero-order valence-corrected chi connectivity index (χ0v) is 29.9. The first-order valence-electron chi connectivity index (χ1n) is 19.3. The van der Waals surface area contributed by atoms with Crippen LogP contribution in [0.1, 0.15) is 44.5 Å². The molecule has 2 spiro atoms. The molecule has 0 saturated heterocycles. The van der Waals surface area contributed by atoms with Gasteiger partial charge in [-0.1, -0.05) is 170 Å². The average Bonchev–Trinajstić information content (AvgIpc) is 3.84. The van der Waals surface area contributed by atoms with Crippen LogP contribution in [0.4, 0.5) is 0 Å². The smallest absolute Gasteiger partial charge is 0.132 e. The minimum Gasteiger partial charge on any atom is -0.457 e. The number of ether oxygens (including phenoxy) is 1. The lowest BCUT2D eigenvalue weighted by molar-refractivity contribution is 0.436. The molecule has 0 N–H and O–H groups in total. The Morgan fingerprint density at radius 3 is 1.49 bits per heavy atom. The number of fused-ring (bicyclic) bond motifs is 21. The highest BCUT2D eigenvalue weighted by molar-refractivity contribution is 6.06. The minimum absolute atomic E-state index is 0.394. The van der Waals surface area contributed by atoms with E-state index in [1.807, 2.05) is 0 Å². The lowest BCUT2D eigenvalue weighted by Crippen LogP contribution is -2.32. The maximum Gasteiger partial charge on any atom is 0.132 e. The summed E-state index contributed by atoms with van der Waals surface area (Å²) in [7, 11) is 0. The molecule has 1 heterocycles. The molecule has 4 aliphatic rings. The van der Waals surface area contributed by atoms with Crippen LogP contribution in [0.2, 0.25) is 0 Å². The van der Waals surface area contributed by atoms with E-state index in [4.69, 9.17) is 4.74 Å².